The Morgan fingerprint density at radius 3 is 2.46 bits per heavy atom. The van der Waals surface area contributed by atoms with E-state index in [1.54, 1.807) is 0 Å². The Hall–Kier alpha value is -1.26. The maximum atomic E-state index is 6.18. The SMILES string of the molecule is Cl.NC[C@]1(c2cccc(Cl)c2)CC[C@@H](NCCOc2ccccc2)CC1. The zero-order chi connectivity index (χ0) is 17.5. The van der Waals surface area contributed by atoms with Gasteiger partial charge in [-0.05, 0) is 55.5 Å². The highest BCUT2D eigenvalue weighted by Crippen LogP contribution is 2.39. The minimum Gasteiger partial charge on any atom is -0.492 e. The largest absolute Gasteiger partial charge is 0.492 e. The first-order valence-corrected chi connectivity index (χ1v) is 9.47. The van der Waals surface area contributed by atoms with Crippen LogP contribution in [0.4, 0.5) is 0 Å². The molecule has 0 saturated heterocycles. The molecule has 0 amide bonds. The second-order valence-electron chi connectivity index (χ2n) is 6.88. The molecule has 0 aromatic heterocycles. The summed E-state index contributed by atoms with van der Waals surface area (Å²) in [5.74, 6) is 0.927. The summed E-state index contributed by atoms with van der Waals surface area (Å²) in [6.45, 7) is 2.24. The first kappa shape index (κ1) is 21.0. The van der Waals surface area contributed by atoms with Gasteiger partial charge in [0.25, 0.3) is 0 Å². The summed E-state index contributed by atoms with van der Waals surface area (Å²) in [4.78, 5) is 0. The molecule has 5 heteroatoms. The summed E-state index contributed by atoms with van der Waals surface area (Å²) in [6.07, 6.45) is 4.46. The van der Waals surface area contributed by atoms with E-state index in [0.717, 1.165) is 43.0 Å². The van der Waals surface area contributed by atoms with Gasteiger partial charge in [-0.15, -0.1) is 12.4 Å². The van der Waals surface area contributed by atoms with Crippen LogP contribution in [-0.4, -0.2) is 25.7 Å². The number of halogens is 2. The highest BCUT2D eigenvalue weighted by molar-refractivity contribution is 6.30. The molecule has 3 nitrogen and oxygen atoms in total. The molecule has 0 atom stereocenters. The van der Waals surface area contributed by atoms with Crippen molar-refractivity contribution >= 4 is 24.0 Å². The van der Waals surface area contributed by atoms with Crippen molar-refractivity contribution < 1.29 is 4.74 Å². The van der Waals surface area contributed by atoms with Crippen molar-refractivity contribution in [3.63, 3.8) is 0 Å². The van der Waals surface area contributed by atoms with Gasteiger partial charge in [0.05, 0.1) is 0 Å². The van der Waals surface area contributed by atoms with Crippen molar-refractivity contribution in [2.24, 2.45) is 5.73 Å². The summed E-state index contributed by atoms with van der Waals surface area (Å²) in [5, 5.41) is 4.42. The molecule has 0 radical (unpaired) electrons. The van der Waals surface area contributed by atoms with Crippen molar-refractivity contribution in [1.82, 2.24) is 5.32 Å². The normalized spacial score (nSPS) is 22.5. The van der Waals surface area contributed by atoms with Crippen LogP contribution >= 0.6 is 24.0 Å². The van der Waals surface area contributed by atoms with E-state index >= 15 is 0 Å². The minimum absolute atomic E-state index is 0. The molecule has 0 heterocycles. The molecule has 26 heavy (non-hydrogen) atoms. The maximum absolute atomic E-state index is 6.18. The van der Waals surface area contributed by atoms with Gasteiger partial charge >= 0.3 is 0 Å². The van der Waals surface area contributed by atoms with E-state index in [9.17, 15) is 0 Å². The van der Waals surface area contributed by atoms with Crippen LogP contribution in [0.1, 0.15) is 31.2 Å². The van der Waals surface area contributed by atoms with Crippen LogP contribution in [-0.2, 0) is 5.41 Å². The summed E-state index contributed by atoms with van der Waals surface area (Å²) in [5.41, 5.74) is 7.53. The molecule has 3 rings (SSSR count). The van der Waals surface area contributed by atoms with Gasteiger partial charge in [0.15, 0.2) is 0 Å². The fraction of sp³-hybridized carbons (Fsp3) is 0.429. The fourth-order valence-electron chi connectivity index (χ4n) is 3.75. The molecule has 0 aliphatic heterocycles. The molecule has 0 spiro atoms. The van der Waals surface area contributed by atoms with E-state index in [2.05, 4.69) is 17.4 Å². The third kappa shape index (κ3) is 5.37. The lowest BCUT2D eigenvalue weighted by Crippen LogP contribution is -2.44. The van der Waals surface area contributed by atoms with Gasteiger partial charge in [-0.2, -0.15) is 0 Å². The second-order valence-corrected chi connectivity index (χ2v) is 7.32. The molecule has 1 saturated carbocycles. The Bertz CT molecular complexity index is 658. The third-order valence-corrected chi connectivity index (χ3v) is 5.55. The average molecular weight is 395 g/mol. The number of hydrogen-bond donors (Lipinski definition) is 2. The lowest BCUT2D eigenvalue weighted by atomic mass is 9.68. The van der Waals surface area contributed by atoms with Crippen molar-refractivity contribution in [3.8, 4) is 5.75 Å². The molecule has 2 aromatic rings. The Morgan fingerprint density at radius 2 is 1.81 bits per heavy atom. The van der Waals surface area contributed by atoms with E-state index in [-0.39, 0.29) is 17.8 Å². The maximum Gasteiger partial charge on any atom is 0.119 e. The molecule has 3 N–H and O–H groups in total. The van der Waals surface area contributed by atoms with Crippen LogP contribution in [0, 0.1) is 0 Å². The molecule has 1 aliphatic rings. The number of para-hydroxylation sites is 1. The topological polar surface area (TPSA) is 47.3 Å². The van der Waals surface area contributed by atoms with Crippen molar-refractivity contribution in [2.75, 3.05) is 19.7 Å². The van der Waals surface area contributed by atoms with Crippen LogP contribution in [0.2, 0.25) is 5.02 Å². The number of hydrogen-bond acceptors (Lipinski definition) is 3. The number of ether oxygens (including phenoxy) is 1. The number of rotatable bonds is 7. The van der Waals surface area contributed by atoms with Gasteiger partial charge in [-0.3, -0.25) is 0 Å². The summed E-state index contributed by atoms with van der Waals surface area (Å²) < 4.78 is 5.74. The van der Waals surface area contributed by atoms with Gasteiger partial charge in [0, 0.05) is 29.6 Å². The van der Waals surface area contributed by atoms with Crippen LogP contribution in [0.3, 0.4) is 0 Å². The number of benzene rings is 2. The lowest BCUT2D eigenvalue weighted by molar-refractivity contribution is 0.237. The van der Waals surface area contributed by atoms with Gasteiger partial charge in [0.2, 0.25) is 0 Å². The Balaban J connectivity index is 0.00000243. The highest BCUT2D eigenvalue weighted by atomic mass is 35.5. The predicted octanol–water partition coefficient (Wildman–Crippen LogP) is 4.57. The zero-order valence-corrected chi connectivity index (χ0v) is 16.6. The smallest absolute Gasteiger partial charge is 0.119 e. The van der Waals surface area contributed by atoms with E-state index < -0.39 is 0 Å². The third-order valence-electron chi connectivity index (χ3n) is 5.32. The first-order valence-electron chi connectivity index (χ1n) is 9.09. The molecule has 2 aromatic carbocycles. The molecular weight excluding hydrogens is 367 g/mol. The molecule has 1 fully saturated rings. The van der Waals surface area contributed by atoms with Crippen LogP contribution < -0.4 is 15.8 Å². The van der Waals surface area contributed by atoms with Crippen molar-refractivity contribution in [1.29, 1.82) is 0 Å². The highest BCUT2D eigenvalue weighted by Gasteiger charge is 2.35. The molecular formula is C21H28Cl2N2O. The Kier molecular flexibility index (Phi) is 8.23. The minimum atomic E-state index is 0. The molecule has 1 aliphatic carbocycles. The number of nitrogens with two attached hydrogens (primary N) is 1. The van der Waals surface area contributed by atoms with E-state index in [1.165, 1.54) is 5.56 Å². The fourth-order valence-corrected chi connectivity index (χ4v) is 3.94. The predicted molar refractivity (Wildman–Crippen MR) is 112 cm³/mol. The van der Waals surface area contributed by atoms with Gasteiger partial charge in [0.1, 0.15) is 12.4 Å². The average Bonchev–Trinajstić information content (AvgIpc) is 2.67. The quantitative estimate of drug-likeness (QED) is 0.676. The number of nitrogens with one attached hydrogen (secondary N) is 1. The monoisotopic (exact) mass is 394 g/mol. The standard InChI is InChI=1S/C21H27ClN2O.ClH/c22-18-6-4-5-17(15-18)21(16-23)11-9-19(10-12-21)24-13-14-25-20-7-2-1-3-8-20;/h1-8,15,19,24H,9-14,16,23H2;1H/t19-,21+;. The van der Waals surface area contributed by atoms with E-state index in [0.29, 0.717) is 19.2 Å². The van der Waals surface area contributed by atoms with Gasteiger partial charge in [-0.25, -0.2) is 0 Å². The van der Waals surface area contributed by atoms with E-state index in [4.69, 9.17) is 22.1 Å². The zero-order valence-electron chi connectivity index (χ0n) is 15.0. The van der Waals surface area contributed by atoms with Crippen molar-refractivity contribution in [2.45, 2.75) is 37.1 Å². The van der Waals surface area contributed by atoms with E-state index in [1.807, 2.05) is 42.5 Å². The summed E-state index contributed by atoms with van der Waals surface area (Å²) in [7, 11) is 0. The summed E-state index contributed by atoms with van der Waals surface area (Å²) >= 11 is 6.18. The molecule has 0 bridgehead atoms. The van der Waals surface area contributed by atoms with Crippen molar-refractivity contribution in [3.05, 3.63) is 65.2 Å². The molecule has 0 unspecified atom stereocenters. The van der Waals surface area contributed by atoms with Crippen LogP contribution in [0.15, 0.2) is 54.6 Å². The lowest BCUT2D eigenvalue weighted by Gasteiger charge is -2.40. The Labute approximate surface area is 167 Å². The van der Waals surface area contributed by atoms with Gasteiger partial charge < -0.3 is 15.8 Å². The Morgan fingerprint density at radius 1 is 1.08 bits per heavy atom. The summed E-state index contributed by atoms with van der Waals surface area (Å²) in [6, 6.07) is 18.7. The second kappa shape index (κ2) is 10.2. The van der Waals surface area contributed by atoms with Gasteiger partial charge in [-0.1, -0.05) is 41.9 Å². The van der Waals surface area contributed by atoms with Crippen LogP contribution in [0.25, 0.3) is 0 Å². The molecule has 142 valence electrons. The van der Waals surface area contributed by atoms with Crippen LogP contribution in [0.5, 0.6) is 5.75 Å². The first-order chi connectivity index (χ1) is 12.2.